The molecule has 0 aliphatic heterocycles. The molecule has 0 bridgehead atoms. The Kier molecular flexibility index (Phi) is 10.9. The fourth-order valence-corrected chi connectivity index (χ4v) is 4.71. The molecule has 0 saturated carbocycles. The van der Waals surface area contributed by atoms with Gasteiger partial charge < -0.3 is 5.32 Å². The Morgan fingerprint density at radius 1 is 0.909 bits per heavy atom. The average molecular weight is 473 g/mol. The Labute approximate surface area is 200 Å². The van der Waals surface area contributed by atoms with E-state index >= 15 is 0 Å². The van der Waals surface area contributed by atoms with Crippen LogP contribution in [-0.2, 0) is 23.0 Å². The topological polar surface area (TPSA) is 66.5 Å². The maximum Gasteiger partial charge on any atom is 0.251 e. The number of hydrogen-bond acceptors (Lipinski definition) is 3. The third-order valence-electron chi connectivity index (χ3n) is 6.08. The van der Waals surface area contributed by atoms with Crippen molar-refractivity contribution < 1.29 is 13.2 Å². The second kappa shape index (κ2) is 13.4. The van der Waals surface area contributed by atoms with Crippen molar-refractivity contribution in [1.82, 2.24) is 5.32 Å². The summed E-state index contributed by atoms with van der Waals surface area (Å²) in [6.07, 6.45) is 9.00. The van der Waals surface area contributed by atoms with Crippen molar-refractivity contribution in [1.29, 1.82) is 0 Å². The molecule has 0 aromatic heterocycles. The smallest absolute Gasteiger partial charge is 0.251 e. The summed E-state index contributed by atoms with van der Waals surface area (Å²) in [7, 11) is -3.45. The predicted molar refractivity (Wildman–Crippen MR) is 138 cm³/mol. The molecule has 2 aromatic carbocycles. The first-order valence-corrected chi connectivity index (χ1v) is 14.1. The standard InChI is InChI=1S/C27H40N2O3S/c1-5-8-10-22(7-3)20-28-27(30)25-16-12-24(13-17-25)21-29(33(4,31)32)26-18-14-23(15-19-26)11-9-6-2/h12-19,22H,5-11,20-21H2,1-4H3,(H,28,30)/t22-/m0/s1. The zero-order chi connectivity index (χ0) is 24.3. The molecule has 0 heterocycles. The van der Waals surface area contributed by atoms with Crippen molar-refractivity contribution in [2.75, 3.05) is 17.1 Å². The van der Waals surface area contributed by atoms with Gasteiger partial charge in [-0.2, -0.15) is 0 Å². The number of unbranched alkanes of at least 4 members (excludes halogenated alkanes) is 2. The van der Waals surface area contributed by atoms with E-state index in [0.29, 0.717) is 23.7 Å². The molecule has 0 aliphatic rings. The SMILES string of the molecule is CCCCc1ccc(N(Cc2ccc(C(=O)NC[C@@H](CC)CCCC)cc2)S(C)(=O)=O)cc1. The summed E-state index contributed by atoms with van der Waals surface area (Å²) in [6.45, 7) is 7.41. The normalized spacial score (nSPS) is 12.4. The Morgan fingerprint density at radius 2 is 1.52 bits per heavy atom. The van der Waals surface area contributed by atoms with Crippen molar-refractivity contribution in [2.24, 2.45) is 5.92 Å². The highest BCUT2D eigenvalue weighted by Crippen LogP contribution is 2.22. The average Bonchev–Trinajstić information content (AvgIpc) is 2.81. The molecule has 1 amide bonds. The number of nitrogens with one attached hydrogen (secondary N) is 1. The van der Waals surface area contributed by atoms with E-state index in [0.717, 1.165) is 37.7 Å². The fraction of sp³-hybridized carbons (Fsp3) is 0.519. The first kappa shape index (κ1) is 26.9. The van der Waals surface area contributed by atoms with Crippen LogP contribution in [0.3, 0.4) is 0 Å². The Hall–Kier alpha value is -2.34. The molecule has 0 aliphatic carbocycles. The van der Waals surface area contributed by atoms with Gasteiger partial charge >= 0.3 is 0 Å². The molecule has 1 atom stereocenters. The Balaban J connectivity index is 2.05. The van der Waals surface area contributed by atoms with Crippen LogP contribution in [0.15, 0.2) is 48.5 Å². The molecule has 1 N–H and O–H groups in total. The maximum atomic E-state index is 12.5. The van der Waals surface area contributed by atoms with Crippen LogP contribution >= 0.6 is 0 Å². The highest BCUT2D eigenvalue weighted by atomic mass is 32.2. The van der Waals surface area contributed by atoms with E-state index in [9.17, 15) is 13.2 Å². The number of anilines is 1. The number of aryl methyl sites for hydroxylation is 1. The molecule has 5 nitrogen and oxygen atoms in total. The van der Waals surface area contributed by atoms with Gasteiger partial charge in [-0.05, 0) is 60.6 Å². The van der Waals surface area contributed by atoms with Crippen LogP contribution in [0.4, 0.5) is 5.69 Å². The van der Waals surface area contributed by atoms with Gasteiger partial charge in [0.2, 0.25) is 10.0 Å². The minimum atomic E-state index is -3.45. The molecule has 2 rings (SSSR count). The number of rotatable bonds is 14. The van der Waals surface area contributed by atoms with E-state index < -0.39 is 10.0 Å². The second-order valence-corrected chi connectivity index (χ2v) is 10.8. The molecule has 182 valence electrons. The molecule has 6 heteroatoms. The van der Waals surface area contributed by atoms with Crippen molar-refractivity contribution in [2.45, 2.75) is 72.3 Å². The largest absolute Gasteiger partial charge is 0.352 e. The predicted octanol–water partition coefficient (Wildman–Crippen LogP) is 5.94. The zero-order valence-electron chi connectivity index (χ0n) is 20.6. The number of carbonyl (C=O) groups excluding carboxylic acids is 1. The maximum absolute atomic E-state index is 12.5. The number of amides is 1. The number of nitrogens with zero attached hydrogens (tertiary/aromatic N) is 1. The quantitative estimate of drug-likeness (QED) is 0.370. The van der Waals surface area contributed by atoms with Crippen LogP contribution in [0.1, 0.15) is 80.8 Å². The van der Waals surface area contributed by atoms with Crippen molar-refractivity contribution in [3.63, 3.8) is 0 Å². The molecular formula is C27H40N2O3S. The van der Waals surface area contributed by atoms with Gasteiger partial charge in [0.25, 0.3) is 5.91 Å². The zero-order valence-corrected chi connectivity index (χ0v) is 21.5. The van der Waals surface area contributed by atoms with E-state index in [1.807, 2.05) is 36.4 Å². The van der Waals surface area contributed by atoms with E-state index in [1.165, 1.54) is 29.0 Å². The molecule has 2 aromatic rings. The van der Waals surface area contributed by atoms with Gasteiger partial charge in [-0.15, -0.1) is 0 Å². The van der Waals surface area contributed by atoms with Gasteiger partial charge in [-0.1, -0.05) is 70.7 Å². The molecule has 0 spiro atoms. The van der Waals surface area contributed by atoms with Gasteiger partial charge in [0.05, 0.1) is 18.5 Å². The Bertz CT molecular complexity index is 954. The van der Waals surface area contributed by atoms with E-state index in [-0.39, 0.29) is 12.5 Å². The summed E-state index contributed by atoms with van der Waals surface area (Å²) in [4.78, 5) is 12.5. The van der Waals surface area contributed by atoms with Gasteiger partial charge in [-0.25, -0.2) is 8.42 Å². The van der Waals surface area contributed by atoms with E-state index in [2.05, 4.69) is 26.1 Å². The Morgan fingerprint density at radius 3 is 2.06 bits per heavy atom. The first-order valence-electron chi connectivity index (χ1n) is 12.2. The number of hydrogen-bond donors (Lipinski definition) is 1. The minimum Gasteiger partial charge on any atom is -0.352 e. The van der Waals surface area contributed by atoms with Gasteiger partial charge in [0, 0.05) is 12.1 Å². The van der Waals surface area contributed by atoms with Crippen LogP contribution in [0, 0.1) is 5.92 Å². The van der Waals surface area contributed by atoms with Crippen molar-refractivity contribution >= 4 is 21.6 Å². The summed E-state index contributed by atoms with van der Waals surface area (Å²) in [5.74, 6) is 0.420. The van der Waals surface area contributed by atoms with Crippen LogP contribution in [0.25, 0.3) is 0 Å². The third-order valence-corrected chi connectivity index (χ3v) is 7.22. The number of sulfonamides is 1. The lowest BCUT2D eigenvalue weighted by Gasteiger charge is -2.23. The van der Waals surface area contributed by atoms with Crippen LogP contribution in [0.5, 0.6) is 0 Å². The first-order chi connectivity index (χ1) is 15.8. The number of carbonyl (C=O) groups is 1. The lowest BCUT2D eigenvalue weighted by atomic mass is 9.99. The van der Waals surface area contributed by atoms with Gasteiger partial charge in [0.1, 0.15) is 0 Å². The molecule has 0 unspecified atom stereocenters. The van der Waals surface area contributed by atoms with Crippen LogP contribution < -0.4 is 9.62 Å². The van der Waals surface area contributed by atoms with Crippen molar-refractivity contribution in [3.8, 4) is 0 Å². The van der Waals surface area contributed by atoms with Gasteiger partial charge in [0.15, 0.2) is 0 Å². The molecule has 0 radical (unpaired) electrons. The van der Waals surface area contributed by atoms with Crippen molar-refractivity contribution in [3.05, 3.63) is 65.2 Å². The molecule has 33 heavy (non-hydrogen) atoms. The molecule has 0 saturated heterocycles. The second-order valence-electron chi connectivity index (χ2n) is 8.86. The third kappa shape index (κ3) is 8.84. The summed E-state index contributed by atoms with van der Waals surface area (Å²) < 4.78 is 26.4. The summed E-state index contributed by atoms with van der Waals surface area (Å²) in [5, 5.41) is 3.04. The van der Waals surface area contributed by atoms with E-state index in [4.69, 9.17) is 0 Å². The van der Waals surface area contributed by atoms with Crippen LogP contribution in [-0.4, -0.2) is 27.1 Å². The van der Waals surface area contributed by atoms with E-state index in [1.54, 1.807) is 12.1 Å². The van der Waals surface area contributed by atoms with Gasteiger partial charge in [-0.3, -0.25) is 9.10 Å². The minimum absolute atomic E-state index is 0.0841. The fourth-order valence-electron chi connectivity index (χ4n) is 3.82. The molecule has 0 fully saturated rings. The lowest BCUT2D eigenvalue weighted by Crippen LogP contribution is -2.30. The molecular weight excluding hydrogens is 432 g/mol. The highest BCUT2D eigenvalue weighted by Gasteiger charge is 2.18. The lowest BCUT2D eigenvalue weighted by molar-refractivity contribution is 0.0946. The highest BCUT2D eigenvalue weighted by molar-refractivity contribution is 7.92. The summed E-state index contributed by atoms with van der Waals surface area (Å²) in [5.41, 5.74) is 3.29. The van der Waals surface area contributed by atoms with Crippen LogP contribution in [0.2, 0.25) is 0 Å². The summed E-state index contributed by atoms with van der Waals surface area (Å²) >= 11 is 0. The number of benzene rings is 2. The monoisotopic (exact) mass is 472 g/mol. The summed E-state index contributed by atoms with van der Waals surface area (Å²) in [6, 6.07) is 14.9.